The number of rotatable bonds is 5. The summed E-state index contributed by atoms with van der Waals surface area (Å²) in [7, 11) is 0. The summed E-state index contributed by atoms with van der Waals surface area (Å²) < 4.78 is 1.88. The molecule has 0 atom stereocenters. The maximum atomic E-state index is 13.2. The molecule has 2 aromatic rings. The van der Waals surface area contributed by atoms with Crippen LogP contribution in [0.5, 0.6) is 0 Å². The molecule has 4 rings (SSSR count). The van der Waals surface area contributed by atoms with Crippen LogP contribution in [0.25, 0.3) is 10.9 Å². The van der Waals surface area contributed by atoms with Crippen LogP contribution in [0.4, 0.5) is 0 Å². The third kappa shape index (κ3) is 4.85. The average Bonchev–Trinajstić information content (AvgIpc) is 2.75. The fourth-order valence-corrected chi connectivity index (χ4v) is 5.57. The number of benzene rings is 1. The molecule has 1 amide bonds. The van der Waals surface area contributed by atoms with Gasteiger partial charge in [0.05, 0.1) is 16.7 Å². The van der Waals surface area contributed by atoms with E-state index in [0.717, 1.165) is 44.4 Å². The molecule has 6 heteroatoms. The zero-order chi connectivity index (χ0) is 20.2. The van der Waals surface area contributed by atoms with Crippen LogP contribution in [-0.2, 0) is 4.79 Å². The monoisotopic (exact) mass is 413 g/mol. The van der Waals surface area contributed by atoms with Crippen molar-refractivity contribution < 1.29 is 4.79 Å². The van der Waals surface area contributed by atoms with E-state index < -0.39 is 0 Å². The number of nitrogens with one attached hydrogen (secondary N) is 1. The van der Waals surface area contributed by atoms with Crippen molar-refractivity contribution in [2.45, 2.75) is 82.0 Å². The fourth-order valence-electron chi connectivity index (χ4n) is 4.69. The van der Waals surface area contributed by atoms with Gasteiger partial charge in [-0.3, -0.25) is 14.2 Å². The molecule has 2 saturated carbocycles. The molecule has 0 unspecified atom stereocenters. The second-order valence-corrected chi connectivity index (χ2v) is 9.63. The van der Waals surface area contributed by atoms with Gasteiger partial charge >= 0.3 is 0 Å². The van der Waals surface area contributed by atoms with Crippen LogP contribution in [0.3, 0.4) is 0 Å². The van der Waals surface area contributed by atoms with Crippen LogP contribution in [0.15, 0.2) is 34.2 Å². The van der Waals surface area contributed by atoms with Gasteiger partial charge in [-0.25, -0.2) is 4.98 Å². The van der Waals surface area contributed by atoms with Crippen molar-refractivity contribution in [3.05, 3.63) is 34.6 Å². The van der Waals surface area contributed by atoms with E-state index in [0.29, 0.717) is 27.9 Å². The van der Waals surface area contributed by atoms with Crippen molar-refractivity contribution >= 4 is 28.6 Å². The molecule has 1 heterocycles. The molecule has 2 aliphatic rings. The topological polar surface area (TPSA) is 64.0 Å². The lowest BCUT2D eigenvalue weighted by Gasteiger charge is -2.27. The lowest BCUT2D eigenvalue weighted by atomic mass is 9.87. The standard InChI is InChI=1S/C23H31N3O2S/c1-16-11-13-17(14-12-16)24-21(27)15-29-23-25-20-10-6-5-9-19(20)22(28)26(23)18-7-3-2-4-8-18/h5-6,9-10,16-18H,2-4,7-8,11-15H2,1H3,(H,24,27). The maximum Gasteiger partial charge on any atom is 0.262 e. The lowest BCUT2D eigenvalue weighted by Crippen LogP contribution is -2.38. The average molecular weight is 414 g/mol. The highest BCUT2D eigenvalue weighted by atomic mass is 32.2. The summed E-state index contributed by atoms with van der Waals surface area (Å²) in [5.41, 5.74) is 0.750. The zero-order valence-corrected chi connectivity index (χ0v) is 18.0. The van der Waals surface area contributed by atoms with E-state index in [9.17, 15) is 9.59 Å². The summed E-state index contributed by atoms with van der Waals surface area (Å²) in [5.74, 6) is 1.13. The first kappa shape index (κ1) is 20.5. The zero-order valence-electron chi connectivity index (χ0n) is 17.2. The van der Waals surface area contributed by atoms with Gasteiger partial charge in [-0.1, -0.05) is 50.1 Å². The first-order valence-electron chi connectivity index (χ1n) is 11.1. The molecule has 0 radical (unpaired) electrons. The van der Waals surface area contributed by atoms with Gasteiger partial charge in [0, 0.05) is 12.1 Å². The Morgan fingerprint density at radius 3 is 2.59 bits per heavy atom. The van der Waals surface area contributed by atoms with Gasteiger partial charge in [-0.2, -0.15) is 0 Å². The SMILES string of the molecule is CC1CCC(NC(=O)CSc2nc3ccccc3c(=O)n2C2CCCCC2)CC1. The Morgan fingerprint density at radius 1 is 1.10 bits per heavy atom. The maximum absolute atomic E-state index is 13.2. The van der Waals surface area contributed by atoms with Gasteiger partial charge < -0.3 is 5.32 Å². The van der Waals surface area contributed by atoms with E-state index in [2.05, 4.69) is 12.2 Å². The van der Waals surface area contributed by atoms with Crippen LogP contribution in [0.1, 0.15) is 70.8 Å². The third-order valence-electron chi connectivity index (χ3n) is 6.43. The summed E-state index contributed by atoms with van der Waals surface area (Å²) >= 11 is 1.41. The largest absolute Gasteiger partial charge is 0.353 e. The van der Waals surface area contributed by atoms with Crippen LogP contribution < -0.4 is 10.9 Å². The Balaban J connectivity index is 1.52. The second kappa shape index (κ2) is 9.33. The summed E-state index contributed by atoms with van der Waals surface area (Å²) in [5, 5.41) is 4.54. The Morgan fingerprint density at radius 2 is 1.83 bits per heavy atom. The van der Waals surface area contributed by atoms with E-state index in [1.165, 1.54) is 31.0 Å². The van der Waals surface area contributed by atoms with Crippen molar-refractivity contribution in [3.8, 4) is 0 Å². The van der Waals surface area contributed by atoms with Crippen molar-refractivity contribution in [1.82, 2.24) is 14.9 Å². The van der Waals surface area contributed by atoms with Crippen LogP contribution >= 0.6 is 11.8 Å². The molecule has 1 N–H and O–H groups in total. The number of hydrogen-bond acceptors (Lipinski definition) is 4. The number of nitrogens with zero attached hydrogens (tertiary/aromatic N) is 2. The molecular weight excluding hydrogens is 382 g/mol. The Kier molecular flexibility index (Phi) is 6.58. The predicted octanol–water partition coefficient (Wildman–Crippen LogP) is 4.69. The quantitative estimate of drug-likeness (QED) is 0.571. The van der Waals surface area contributed by atoms with Gasteiger partial charge in [-0.05, 0) is 56.6 Å². The van der Waals surface area contributed by atoms with Gasteiger partial charge in [0.1, 0.15) is 0 Å². The van der Waals surface area contributed by atoms with E-state index in [1.54, 1.807) is 0 Å². The number of amides is 1. The van der Waals surface area contributed by atoms with E-state index in [-0.39, 0.29) is 17.5 Å². The van der Waals surface area contributed by atoms with Crippen LogP contribution in [0, 0.1) is 5.92 Å². The number of carbonyl (C=O) groups is 1. The molecule has 0 bridgehead atoms. The van der Waals surface area contributed by atoms with E-state index in [1.807, 2.05) is 28.8 Å². The first-order chi connectivity index (χ1) is 14.1. The predicted molar refractivity (Wildman–Crippen MR) is 118 cm³/mol. The molecule has 0 spiro atoms. The number of carbonyl (C=O) groups excluding carboxylic acids is 1. The van der Waals surface area contributed by atoms with Gasteiger partial charge in [0.25, 0.3) is 5.56 Å². The molecule has 0 saturated heterocycles. The first-order valence-corrected chi connectivity index (χ1v) is 12.0. The van der Waals surface area contributed by atoms with Crippen molar-refractivity contribution in [3.63, 3.8) is 0 Å². The molecule has 0 aliphatic heterocycles. The summed E-state index contributed by atoms with van der Waals surface area (Å²) in [6.45, 7) is 2.28. The Hall–Kier alpha value is -1.82. The van der Waals surface area contributed by atoms with Crippen molar-refractivity contribution in [2.24, 2.45) is 5.92 Å². The minimum absolute atomic E-state index is 0.0340. The molecule has 2 aliphatic carbocycles. The molecule has 2 fully saturated rings. The molecule has 156 valence electrons. The van der Waals surface area contributed by atoms with Gasteiger partial charge in [0.15, 0.2) is 5.16 Å². The summed E-state index contributed by atoms with van der Waals surface area (Å²) in [6, 6.07) is 8.03. The third-order valence-corrected chi connectivity index (χ3v) is 7.38. The van der Waals surface area contributed by atoms with Crippen LogP contribution in [-0.4, -0.2) is 27.3 Å². The molecule has 29 heavy (non-hydrogen) atoms. The van der Waals surface area contributed by atoms with Gasteiger partial charge in [-0.15, -0.1) is 0 Å². The Labute approximate surface area is 176 Å². The normalized spacial score (nSPS) is 23.2. The van der Waals surface area contributed by atoms with E-state index in [4.69, 9.17) is 4.98 Å². The number of thioether (sulfide) groups is 1. The highest BCUT2D eigenvalue weighted by molar-refractivity contribution is 7.99. The number of para-hydroxylation sites is 1. The van der Waals surface area contributed by atoms with Crippen molar-refractivity contribution in [2.75, 3.05) is 5.75 Å². The smallest absolute Gasteiger partial charge is 0.262 e. The fraction of sp³-hybridized carbons (Fsp3) is 0.609. The molecule has 1 aromatic carbocycles. The highest BCUT2D eigenvalue weighted by Crippen LogP contribution is 2.31. The lowest BCUT2D eigenvalue weighted by molar-refractivity contribution is -0.119. The van der Waals surface area contributed by atoms with Crippen LogP contribution in [0.2, 0.25) is 0 Å². The molecular formula is C23H31N3O2S. The summed E-state index contributed by atoms with van der Waals surface area (Å²) in [4.78, 5) is 30.6. The summed E-state index contributed by atoms with van der Waals surface area (Å²) in [6.07, 6.45) is 10.1. The van der Waals surface area contributed by atoms with E-state index >= 15 is 0 Å². The highest BCUT2D eigenvalue weighted by Gasteiger charge is 2.23. The number of fused-ring (bicyclic) bond motifs is 1. The molecule has 5 nitrogen and oxygen atoms in total. The number of hydrogen-bond donors (Lipinski definition) is 1. The Bertz CT molecular complexity index is 912. The minimum atomic E-state index is 0.0340. The van der Waals surface area contributed by atoms with Crippen molar-refractivity contribution in [1.29, 1.82) is 0 Å². The number of aromatic nitrogens is 2. The molecule has 1 aromatic heterocycles. The minimum Gasteiger partial charge on any atom is -0.353 e. The second-order valence-electron chi connectivity index (χ2n) is 8.69. The van der Waals surface area contributed by atoms with Gasteiger partial charge in [0.2, 0.25) is 5.91 Å².